The fraction of sp³-hybridized carbons (Fsp3) is 0.591. The molecule has 0 aliphatic heterocycles. The Hall–Kier alpha value is -2.55. The summed E-state index contributed by atoms with van der Waals surface area (Å²) in [6, 6.07) is 4.63. The molecule has 6 heteroatoms. The molecular weight excluding hydrogens is 354 g/mol. The van der Waals surface area contributed by atoms with E-state index in [0.717, 1.165) is 29.8 Å². The fourth-order valence-electron chi connectivity index (χ4n) is 3.97. The molecule has 0 unspecified atom stereocenters. The van der Waals surface area contributed by atoms with E-state index in [9.17, 15) is 14.9 Å². The zero-order valence-corrected chi connectivity index (χ0v) is 17.0. The van der Waals surface area contributed by atoms with E-state index < -0.39 is 12.1 Å². The molecule has 1 heterocycles. The molecular formula is C22H29N3O3. The molecule has 3 rings (SSSR count). The van der Waals surface area contributed by atoms with Crippen molar-refractivity contribution in [3.8, 4) is 6.07 Å². The van der Waals surface area contributed by atoms with Crippen LogP contribution >= 0.6 is 0 Å². The number of amides is 1. The summed E-state index contributed by atoms with van der Waals surface area (Å²) >= 11 is 0. The largest absolute Gasteiger partial charge is 0.448 e. The summed E-state index contributed by atoms with van der Waals surface area (Å²) in [5.41, 5.74) is 2.96. The van der Waals surface area contributed by atoms with Crippen molar-refractivity contribution < 1.29 is 14.3 Å². The third kappa shape index (κ3) is 4.64. The van der Waals surface area contributed by atoms with Gasteiger partial charge in [-0.1, -0.05) is 19.3 Å². The smallest absolute Gasteiger partial charge is 0.349 e. The number of rotatable bonds is 6. The fourth-order valence-corrected chi connectivity index (χ4v) is 3.97. The van der Waals surface area contributed by atoms with E-state index in [0.29, 0.717) is 6.04 Å². The van der Waals surface area contributed by atoms with Gasteiger partial charge in [0.2, 0.25) is 0 Å². The molecule has 0 aromatic carbocycles. The van der Waals surface area contributed by atoms with Crippen molar-refractivity contribution in [2.45, 2.75) is 83.9 Å². The van der Waals surface area contributed by atoms with Crippen LogP contribution in [0.3, 0.4) is 0 Å². The maximum Gasteiger partial charge on any atom is 0.349 e. The molecule has 2 aliphatic carbocycles. The lowest BCUT2D eigenvalue weighted by molar-refractivity contribution is -0.150. The minimum atomic E-state index is -0.917. The van der Waals surface area contributed by atoms with E-state index in [-0.39, 0.29) is 17.5 Å². The second kappa shape index (κ2) is 8.64. The number of carbonyl (C=O) groups is 2. The Labute approximate surface area is 166 Å². The zero-order chi connectivity index (χ0) is 20.3. The molecule has 2 aliphatic rings. The quantitative estimate of drug-likeness (QED) is 0.461. The molecule has 0 bridgehead atoms. The van der Waals surface area contributed by atoms with Crippen molar-refractivity contribution in [3.63, 3.8) is 0 Å². The van der Waals surface area contributed by atoms with Gasteiger partial charge in [0.05, 0.1) is 0 Å². The van der Waals surface area contributed by atoms with E-state index in [1.54, 1.807) is 6.08 Å². The number of esters is 1. The predicted octanol–water partition coefficient (Wildman–Crippen LogP) is 3.73. The first kappa shape index (κ1) is 20.2. The van der Waals surface area contributed by atoms with Crippen molar-refractivity contribution in [1.29, 1.82) is 5.26 Å². The molecule has 2 fully saturated rings. The van der Waals surface area contributed by atoms with Crippen molar-refractivity contribution >= 4 is 18.0 Å². The number of hydrogen-bond acceptors (Lipinski definition) is 4. The molecule has 1 aromatic rings. The highest BCUT2D eigenvalue weighted by atomic mass is 16.5. The monoisotopic (exact) mass is 383 g/mol. The lowest BCUT2D eigenvalue weighted by Gasteiger charge is -2.26. The van der Waals surface area contributed by atoms with Crippen LogP contribution in [0.1, 0.15) is 74.9 Å². The number of nitrogens with one attached hydrogen (secondary N) is 1. The van der Waals surface area contributed by atoms with Gasteiger partial charge in [0.15, 0.2) is 6.10 Å². The van der Waals surface area contributed by atoms with Crippen LogP contribution in [0.5, 0.6) is 0 Å². The van der Waals surface area contributed by atoms with Crippen molar-refractivity contribution in [1.82, 2.24) is 9.88 Å². The molecule has 1 amide bonds. The lowest BCUT2D eigenvalue weighted by Crippen LogP contribution is -2.37. The van der Waals surface area contributed by atoms with Crippen LogP contribution in [-0.2, 0) is 14.3 Å². The van der Waals surface area contributed by atoms with Gasteiger partial charge in [-0.3, -0.25) is 4.79 Å². The second-order valence-corrected chi connectivity index (χ2v) is 7.99. The number of hydrogen-bond donors (Lipinski definition) is 1. The molecule has 1 aromatic heterocycles. The van der Waals surface area contributed by atoms with Crippen LogP contribution < -0.4 is 5.32 Å². The van der Waals surface area contributed by atoms with Crippen LogP contribution in [0.4, 0.5) is 0 Å². The normalized spacial score (nSPS) is 19.0. The van der Waals surface area contributed by atoms with Crippen LogP contribution in [0.25, 0.3) is 6.08 Å². The minimum absolute atomic E-state index is 0.0880. The van der Waals surface area contributed by atoms with Gasteiger partial charge in [-0.15, -0.1) is 0 Å². The highest BCUT2D eigenvalue weighted by molar-refractivity contribution is 5.99. The number of nitriles is 1. The number of carbonyl (C=O) groups excluding carboxylic acids is 2. The van der Waals surface area contributed by atoms with Gasteiger partial charge >= 0.3 is 5.97 Å². The summed E-state index contributed by atoms with van der Waals surface area (Å²) in [5.74, 6) is -1.08. The summed E-state index contributed by atoms with van der Waals surface area (Å²) in [4.78, 5) is 24.4. The molecule has 2 saturated carbocycles. The number of aryl methyl sites for hydroxylation is 1. The van der Waals surface area contributed by atoms with Crippen LogP contribution in [0.15, 0.2) is 11.6 Å². The summed E-state index contributed by atoms with van der Waals surface area (Å²) in [5, 5.41) is 12.3. The molecule has 0 saturated heterocycles. The van der Waals surface area contributed by atoms with E-state index in [1.165, 1.54) is 39.0 Å². The van der Waals surface area contributed by atoms with E-state index in [1.807, 2.05) is 19.1 Å². The van der Waals surface area contributed by atoms with Gasteiger partial charge in [-0.25, -0.2) is 4.79 Å². The van der Waals surface area contributed by atoms with E-state index in [4.69, 9.17) is 4.74 Å². The Morgan fingerprint density at radius 1 is 1.25 bits per heavy atom. The van der Waals surface area contributed by atoms with Crippen molar-refractivity contribution in [2.24, 2.45) is 0 Å². The van der Waals surface area contributed by atoms with Crippen molar-refractivity contribution in [2.75, 3.05) is 0 Å². The zero-order valence-electron chi connectivity index (χ0n) is 17.0. The molecule has 150 valence electrons. The van der Waals surface area contributed by atoms with E-state index in [2.05, 4.69) is 16.8 Å². The molecule has 0 radical (unpaired) electrons. The van der Waals surface area contributed by atoms with Crippen LogP contribution in [0.2, 0.25) is 0 Å². The maximum absolute atomic E-state index is 12.4. The van der Waals surface area contributed by atoms with Gasteiger partial charge in [-0.05, 0) is 64.2 Å². The SMILES string of the molecule is Cc1cc(/C=C(\C#N)C(=O)O[C@H](C)C(=O)NC2CC2)c(C)n1C1CCCCC1. The molecule has 1 atom stereocenters. The lowest BCUT2D eigenvalue weighted by atomic mass is 9.95. The average Bonchev–Trinajstić information content (AvgIpc) is 3.44. The Morgan fingerprint density at radius 2 is 1.93 bits per heavy atom. The molecule has 6 nitrogen and oxygen atoms in total. The molecule has 28 heavy (non-hydrogen) atoms. The van der Waals surface area contributed by atoms with Crippen LogP contribution in [-0.4, -0.2) is 28.6 Å². The van der Waals surface area contributed by atoms with E-state index >= 15 is 0 Å². The molecule has 0 spiro atoms. The summed E-state index contributed by atoms with van der Waals surface area (Å²) in [6.45, 7) is 5.62. The number of aromatic nitrogens is 1. The Bertz CT molecular complexity index is 821. The van der Waals surface area contributed by atoms with Gasteiger partial charge in [0.1, 0.15) is 11.6 Å². The van der Waals surface area contributed by atoms with Gasteiger partial charge < -0.3 is 14.6 Å². The van der Waals surface area contributed by atoms with Gasteiger partial charge in [0, 0.05) is 23.5 Å². The topological polar surface area (TPSA) is 84.1 Å². The summed E-state index contributed by atoms with van der Waals surface area (Å²) in [7, 11) is 0. The van der Waals surface area contributed by atoms with Crippen LogP contribution in [0, 0.1) is 25.2 Å². The van der Waals surface area contributed by atoms with Gasteiger partial charge in [-0.2, -0.15) is 5.26 Å². The first-order valence-corrected chi connectivity index (χ1v) is 10.2. The first-order valence-electron chi connectivity index (χ1n) is 10.2. The van der Waals surface area contributed by atoms with Crippen molar-refractivity contribution in [3.05, 3.63) is 28.6 Å². The minimum Gasteiger partial charge on any atom is -0.448 e. The number of nitrogens with zero attached hydrogens (tertiary/aromatic N) is 2. The Kier molecular flexibility index (Phi) is 6.23. The summed E-state index contributed by atoms with van der Waals surface area (Å²) < 4.78 is 7.54. The van der Waals surface area contributed by atoms with Gasteiger partial charge in [0.25, 0.3) is 5.91 Å². The third-order valence-corrected chi connectivity index (χ3v) is 5.68. The standard InChI is InChI=1S/C22H29N3O3/c1-14-11-17(15(2)25(14)20-7-5-4-6-8-20)12-18(13-23)22(27)28-16(3)21(26)24-19-9-10-19/h11-12,16,19-20H,4-10H2,1-3H3,(H,24,26)/b18-12+/t16-/m1/s1. The maximum atomic E-state index is 12.4. The Morgan fingerprint density at radius 3 is 2.54 bits per heavy atom. The molecule has 1 N–H and O–H groups in total. The predicted molar refractivity (Wildman–Crippen MR) is 106 cm³/mol. The Balaban J connectivity index is 1.73. The highest BCUT2D eigenvalue weighted by Gasteiger charge is 2.28. The highest BCUT2D eigenvalue weighted by Crippen LogP contribution is 2.32. The summed E-state index contributed by atoms with van der Waals surface area (Å²) in [6.07, 6.45) is 8.70. The number of ether oxygens (including phenoxy) is 1. The third-order valence-electron chi connectivity index (χ3n) is 5.68. The average molecular weight is 383 g/mol. The second-order valence-electron chi connectivity index (χ2n) is 7.99. The first-order chi connectivity index (χ1) is 13.4.